The molecule has 2 amide bonds. The van der Waals surface area contributed by atoms with Crippen LogP contribution in [0, 0.1) is 0 Å². The molecule has 2 aromatic carbocycles. The van der Waals surface area contributed by atoms with Gasteiger partial charge in [0.15, 0.2) is 0 Å². The first kappa shape index (κ1) is 18.9. The van der Waals surface area contributed by atoms with Crippen molar-refractivity contribution in [2.24, 2.45) is 0 Å². The second-order valence-corrected chi connectivity index (χ2v) is 8.03. The molecule has 3 rings (SSSR count). The van der Waals surface area contributed by atoms with Crippen molar-refractivity contribution < 1.29 is 13.2 Å². The smallest absolute Gasteiger partial charge is 0.319 e. The molecule has 0 spiro atoms. The molecule has 1 heterocycles. The zero-order valence-corrected chi connectivity index (χ0v) is 15.7. The van der Waals surface area contributed by atoms with Crippen molar-refractivity contribution in [3.05, 3.63) is 83.6 Å². The third kappa shape index (κ3) is 4.84. The summed E-state index contributed by atoms with van der Waals surface area (Å²) >= 11 is 5.87. The minimum atomic E-state index is -3.67. The predicted octanol–water partition coefficient (Wildman–Crippen LogP) is 3.89. The van der Waals surface area contributed by atoms with Gasteiger partial charge in [-0.3, -0.25) is 4.98 Å². The van der Waals surface area contributed by atoms with E-state index in [1.807, 2.05) is 0 Å². The number of hydrogen-bond donors (Lipinski definition) is 2. The number of sulfone groups is 1. The lowest BCUT2D eigenvalue weighted by atomic mass is 10.3. The number of anilines is 1. The highest BCUT2D eigenvalue weighted by Gasteiger charge is 2.17. The van der Waals surface area contributed by atoms with Gasteiger partial charge in [0.2, 0.25) is 9.84 Å². The molecule has 6 nitrogen and oxygen atoms in total. The SMILES string of the molecule is O=C(NCc1ccncc1)Nc1ccc(S(=O)(=O)c2cccc(Cl)c2)cc1. The maximum Gasteiger partial charge on any atom is 0.319 e. The van der Waals surface area contributed by atoms with E-state index in [0.29, 0.717) is 17.3 Å². The molecular formula is C19H16ClN3O3S. The molecule has 3 aromatic rings. The van der Waals surface area contributed by atoms with E-state index in [-0.39, 0.29) is 9.79 Å². The highest BCUT2D eigenvalue weighted by atomic mass is 35.5. The molecule has 138 valence electrons. The van der Waals surface area contributed by atoms with Gasteiger partial charge in [-0.2, -0.15) is 0 Å². The number of pyridine rings is 1. The highest BCUT2D eigenvalue weighted by Crippen LogP contribution is 2.24. The van der Waals surface area contributed by atoms with Crippen molar-refractivity contribution in [2.45, 2.75) is 16.3 Å². The van der Waals surface area contributed by atoms with Gasteiger partial charge < -0.3 is 10.6 Å². The summed E-state index contributed by atoms with van der Waals surface area (Å²) in [5.74, 6) is 0. The first-order chi connectivity index (χ1) is 12.9. The lowest BCUT2D eigenvalue weighted by Crippen LogP contribution is -2.28. The summed E-state index contributed by atoms with van der Waals surface area (Å²) in [5, 5.41) is 5.72. The average molecular weight is 402 g/mol. The molecule has 0 fully saturated rings. The Labute approximate surface area is 162 Å². The molecule has 2 N–H and O–H groups in total. The van der Waals surface area contributed by atoms with Crippen molar-refractivity contribution >= 4 is 33.2 Å². The van der Waals surface area contributed by atoms with Crippen LogP contribution in [0.1, 0.15) is 5.56 Å². The molecule has 8 heteroatoms. The van der Waals surface area contributed by atoms with Crippen LogP contribution in [0.25, 0.3) is 0 Å². The molecular weight excluding hydrogens is 386 g/mol. The lowest BCUT2D eigenvalue weighted by molar-refractivity contribution is 0.251. The zero-order chi connectivity index (χ0) is 19.3. The van der Waals surface area contributed by atoms with Crippen molar-refractivity contribution in [1.82, 2.24) is 10.3 Å². The van der Waals surface area contributed by atoms with Gasteiger partial charge in [-0.1, -0.05) is 17.7 Å². The number of carbonyl (C=O) groups excluding carboxylic acids is 1. The molecule has 0 aliphatic rings. The van der Waals surface area contributed by atoms with Gasteiger partial charge in [0.05, 0.1) is 9.79 Å². The van der Waals surface area contributed by atoms with E-state index in [9.17, 15) is 13.2 Å². The van der Waals surface area contributed by atoms with Crippen LogP contribution in [0.3, 0.4) is 0 Å². The summed E-state index contributed by atoms with van der Waals surface area (Å²) in [6, 6.07) is 15.2. The second-order valence-electron chi connectivity index (χ2n) is 5.65. The van der Waals surface area contributed by atoms with E-state index in [1.54, 1.807) is 36.7 Å². The summed E-state index contributed by atoms with van der Waals surface area (Å²) in [6.07, 6.45) is 3.29. The van der Waals surface area contributed by atoms with Gasteiger partial charge in [-0.15, -0.1) is 0 Å². The zero-order valence-electron chi connectivity index (χ0n) is 14.1. The molecule has 0 saturated carbocycles. The monoisotopic (exact) mass is 401 g/mol. The number of hydrogen-bond acceptors (Lipinski definition) is 4. The van der Waals surface area contributed by atoms with E-state index in [2.05, 4.69) is 15.6 Å². The van der Waals surface area contributed by atoms with Crippen LogP contribution in [-0.4, -0.2) is 19.4 Å². The Bertz CT molecular complexity index is 1040. The molecule has 0 saturated heterocycles. The Morgan fingerprint density at radius 1 is 0.963 bits per heavy atom. The molecule has 0 bridgehead atoms. The van der Waals surface area contributed by atoms with Gasteiger partial charge in [0, 0.05) is 29.6 Å². The van der Waals surface area contributed by atoms with Gasteiger partial charge >= 0.3 is 6.03 Å². The predicted molar refractivity (Wildman–Crippen MR) is 103 cm³/mol. The first-order valence-electron chi connectivity index (χ1n) is 7.99. The van der Waals surface area contributed by atoms with Crippen LogP contribution in [0.2, 0.25) is 5.02 Å². The Balaban J connectivity index is 1.65. The molecule has 1 aromatic heterocycles. The Kier molecular flexibility index (Phi) is 5.73. The summed E-state index contributed by atoms with van der Waals surface area (Å²) < 4.78 is 25.2. The molecule has 0 atom stereocenters. The number of urea groups is 1. The van der Waals surface area contributed by atoms with Crippen molar-refractivity contribution in [1.29, 1.82) is 0 Å². The van der Waals surface area contributed by atoms with Crippen molar-refractivity contribution in [2.75, 3.05) is 5.32 Å². The molecule has 0 radical (unpaired) electrons. The van der Waals surface area contributed by atoms with E-state index in [1.165, 1.54) is 36.4 Å². The number of halogens is 1. The van der Waals surface area contributed by atoms with E-state index < -0.39 is 15.9 Å². The van der Waals surface area contributed by atoms with E-state index >= 15 is 0 Å². The van der Waals surface area contributed by atoms with Crippen LogP contribution >= 0.6 is 11.6 Å². The van der Waals surface area contributed by atoms with Crippen LogP contribution < -0.4 is 10.6 Å². The fourth-order valence-corrected chi connectivity index (χ4v) is 3.91. The first-order valence-corrected chi connectivity index (χ1v) is 9.86. The van der Waals surface area contributed by atoms with Crippen LogP contribution in [0.5, 0.6) is 0 Å². The topological polar surface area (TPSA) is 88.2 Å². The van der Waals surface area contributed by atoms with Crippen LogP contribution in [-0.2, 0) is 16.4 Å². The van der Waals surface area contributed by atoms with Crippen molar-refractivity contribution in [3.63, 3.8) is 0 Å². The second kappa shape index (κ2) is 8.20. The molecule has 0 aliphatic carbocycles. The summed E-state index contributed by atoms with van der Waals surface area (Å²) in [4.78, 5) is 16.1. The third-order valence-corrected chi connectivity index (χ3v) is 5.73. The number of benzene rings is 2. The molecule has 0 unspecified atom stereocenters. The fourth-order valence-electron chi connectivity index (χ4n) is 2.35. The van der Waals surface area contributed by atoms with E-state index in [0.717, 1.165) is 5.56 Å². The Morgan fingerprint density at radius 3 is 2.33 bits per heavy atom. The number of amides is 2. The maximum absolute atomic E-state index is 12.6. The maximum atomic E-state index is 12.6. The largest absolute Gasteiger partial charge is 0.334 e. The summed E-state index contributed by atoms with van der Waals surface area (Å²) in [6.45, 7) is 0.357. The number of carbonyl (C=O) groups is 1. The number of nitrogens with zero attached hydrogens (tertiary/aromatic N) is 1. The third-order valence-electron chi connectivity index (χ3n) is 3.73. The van der Waals surface area contributed by atoms with Crippen LogP contribution in [0.4, 0.5) is 10.5 Å². The number of nitrogens with one attached hydrogen (secondary N) is 2. The Morgan fingerprint density at radius 2 is 1.67 bits per heavy atom. The normalized spacial score (nSPS) is 11.0. The minimum Gasteiger partial charge on any atom is -0.334 e. The molecule has 0 aliphatic heterocycles. The van der Waals surface area contributed by atoms with Crippen LogP contribution in [0.15, 0.2) is 82.8 Å². The van der Waals surface area contributed by atoms with Gasteiger partial charge in [0.25, 0.3) is 0 Å². The molecule has 27 heavy (non-hydrogen) atoms. The summed E-state index contributed by atoms with van der Waals surface area (Å²) in [7, 11) is -3.67. The Hall–Kier alpha value is -2.90. The standard InChI is InChI=1S/C19H16ClN3O3S/c20-15-2-1-3-18(12-15)27(25,26)17-6-4-16(5-7-17)23-19(24)22-13-14-8-10-21-11-9-14/h1-12H,13H2,(H2,22,23,24). The highest BCUT2D eigenvalue weighted by molar-refractivity contribution is 7.91. The lowest BCUT2D eigenvalue weighted by Gasteiger charge is -2.09. The number of rotatable bonds is 5. The summed E-state index contributed by atoms with van der Waals surface area (Å²) in [5.41, 5.74) is 1.40. The average Bonchev–Trinajstić information content (AvgIpc) is 2.68. The number of aromatic nitrogens is 1. The quantitative estimate of drug-likeness (QED) is 0.678. The fraction of sp³-hybridized carbons (Fsp3) is 0.0526. The van der Waals surface area contributed by atoms with Gasteiger partial charge in [-0.05, 0) is 60.2 Å². The van der Waals surface area contributed by atoms with Gasteiger partial charge in [0.1, 0.15) is 0 Å². The van der Waals surface area contributed by atoms with Crippen molar-refractivity contribution in [3.8, 4) is 0 Å². The van der Waals surface area contributed by atoms with E-state index in [4.69, 9.17) is 11.6 Å². The minimum absolute atomic E-state index is 0.116. The van der Waals surface area contributed by atoms with Gasteiger partial charge in [-0.25, -0.2) is 13.2 Å².